The van der Waals surface area contributed by atoms with E-state index in [-0.39, 0.29) is 11.7 Å². The SMILES string of the molecule is O=C1CCc2ccccc2N1C(O)CN1CCC(O)(c2cccc(F)c2)CC1. The number of rotatable bonds is 4. The number of halogens is 1. The van der Waals surface area contributed by atoms with Crippen LogP contribution >= 0.6 is 0 Å². The van der Waals surface area contributed by atoms with E-state index in [0.717, 1.165) is 11.3 Å². The number of β-amino-alcohol motifs (C(OH)–C–C–N with tert-alkyl or cyclic N) is 1. The minimum atomic E-state index is -1.06. The molecule has 2 aliphatic rings. The molecular weight excluding hydrogens is 359 g/mol. The second-order valence-corrected chi connectivity index (χ2v) is 7.72. The molecule has 1 fully saturated rings. The first kappa shape index (κ1) is 19.1. The molecule has 2 aromatic carbocycles. The lowest BCUT2D eigenvalue weighted by Gasteiger charge is -2.41. The summed E-state index contributed by atoms with van der Waals surface area (Å²) in [5, 5.41) is 21.7. The summed E-state index contributed by atoms with van der Waals surface area (Å²) < 4.78 is 13.5. The van der Waals surface area contributed by atoms with Gasteiger partial charge in [0.15, 0.2) is 0 Å². The number of piperidine rings is 1. The Hall–Kier alpha value is -2.28. The molecule has 5 nitrogen and oxygen atoms in total. The monoisotopic (exact) mass is 384 g/mol. The van der Waals surface area contributed by atoms with Crippen LogP contribution in [-0.4, -0.2) is 46.9 Å². The van der Waals surface area contributed by atoms with Crippen molar-refractivity contribution in [3.63, 3.8) is 0 Å². The van der Waals surface area contributed by atoms with E-state index in [1.165, 1.54) is 17.0 Å². The van der Waals surface area contributed by atoms with Gasteiger partial charge < -0.3 is 10.2 Å². The molecule has 2 aromatic rings. The Kier molecular flexibility index (Phi) is 5.19. The number of aliphatic hydroxyl groups excluding tert-OH is 1. The zero-order valence-electron chi connectivity index (χ0n) is 15.7. The first-order valence-electron chi connectivity index (χ1n) is 9.75. The van der Waals surface area contributed by atoms with Crippen molar-refractivity contribution in [2.45, 2.75) is 37.5 Å². The van der Waals surface area contributed by atoms with E-state index >= 15 is 0 Å². The molecule has 1 saturated heterocycles. The van der Waals surface area contributed by atoms with E-state index in [4.69, 9.17) is 0 Å². The van der Waals surface area contributed by atoms with Gasteiger partial charge in [-0.2, -0.15) is 0 Å². The van der Waals surface area contributed by atoms with Crippen LogP contribution in [-0.2, 0) is 16.8 Å². The highest BCUT2D eigenvalue weighted by molar-refractivity contribution is 5.96. The molecule has 4 rings (SSSR count). The van der Waals surface area contributed by atoms with Crippen molar-refractivity contribution in [2.75, 3.05) is 24.5 Å². The molecule has 0 aromatic heterocycles. The summed E-state index contributed by atoms with van der Waals surface area (Å²) >= 11 is 0. The fraction of sp³-hybridized carbons (Fsp3) is 0.409. The van der Waals surface area contributed by atoms with Crippen LogP contribution in [0.15, 0.2) is 48.5 Å². The van der Waals surface area contributed by atoms with Crippen LogP contribution in [0.5, 0.6) is 0 Å². The number of amides is 1. The largest absolute Gasteiger partial charge is 0.385 e. The highest BCUT2D eigenvalue weighted by atomic mass is 19.1. The smallest absolute Gasteiger partial charge is 0.229 e. The third kappa shape index (κ3) is 3.68. The number of carbonyl (C=O) groups is 1. The third-order valence-corrected chi connectivity index (χ3v) is 5.89. The number of aliphatic hydroxyl groups is 2. The molecular formula is C22H25FN2O3. The zero-order chi connectivity index (χ0) is 19.7. The summed E-state index contributed by atoms with van der Waals surface area (Å²) in [6.45, 7) is 1.45. The van der Waals surface area contributed by atoms with Crippen molar-refractivity contribution in [1.29, 1.82) is 0 Å². The van der Waals surface area contributed by atoms with Crippen LogP contribution in [0, 0.1) is 5.82 Å². The number of likely N-dealkylation sites (tertiary alicyclic amines) is 1. The minimum absolute atomic E-state index is 0.0699. The molecule has 0 radical (unpaired) electrons. The first-order valence-corrected chi connectivity index (χ1v) is 9.75. The highest BCUT2D eigenvalue weighted by Crippen LogP contribution is 2.34. The molecule has 2 heterocycles. The third-order valence-electron chi connectivity index (χ3n) is 5.89. The Bertz CT molecular complexity index is 864. The summed E-state index contributed by atoms with van der Waals surface area (Å²) in [6.07, 6.45) is 1.06. The van der Waals surface area contributed by atoms with Crippen molar-refractivity contribution in [2.24, 2.45) is 0 Å². The fourth-order valence-electron chi connectivity index (χ4n) is 4.27. The topological polar surface area (TPSA) is 64.0 Å². The molecule has 0 saturated carbocycles. The second kappa shape index (κ2) is 7.62. The van der Waals surface area contributed by atoms with Gasteiger partial charge in [0.05, 0.1) is 5.60 Å². The number of aryl methyl sites for hydroxylation is 1. The molecule has 1 unspecified atom stereocenters. The van der Waals surface area contributed by atoms with E-state index in [0.29, 0.717) is 50.9 Å². The lowest BCUT2D eigenvalue weighted by Crippen LogP contribution is -2.52. The van der Waals surface area contributed by atoms with Gasteiger partial charge in [-0.15, -0.1) is 0 Å². The van der Waals surface area contributed by atoms with Gasteiger partial charge in [-0.1, -0.05) is 30.3 Å². The van der Waals surface area contributed by atoms with E-state index in [9.17, 15) is 19.4 Å². The highest BCUT2D eigenvalue weighted by Gasteiger charge is 2.36. The van der Waals surface area contributed by atoms with Gasteiger partial charge in [-0.05, 0) is 48.6 Å². The molecule has 1 amide bonds. The maximum Gasteiger partial charge on any atom is 0.229 e. The number of carbonyl (C=O) groups excluding carboxylic acids is 1. The van der Waals surface area contributed by atoms with Crippen molar-refractivity contribution in [3.05, 3.63) is 65.5 Å². The molecule has 148 valence electrons. The van der Waals surface area contributed by atoms with Gasteiger partial charge in [0.2, 0.25) is 5.91 Å². The Labute approximate surface area is 164 Å². The quantitative estimate of drug-likeness (QED) is 0.850. The number of hydrogen-bond acceptors (Lipinski definition) is 4. The Balaban J connectivity index is 1.42. The van der Waals surface area contributed by atoms with Gasteiger partial charge in [-0.25, -0.2) is 4.39 Å². The average molecular weight is 384 g/mol. The summed E-state index contributed by atoms with van der Waals surface area (Å²) in [7, 11) is 0. The molecule has 0 spiro atoms. The molecule has 2 N–H and O–H groups in total. The average Bonchev–Trinajstić information content (AvgIpc) is 2.69. The Morgan fingerprint density at radius 2 is 1.82 bits per heavy atom. The van der Waals surface area contributed by atoms with Gasteiger partial charge in [0.25, 0.3) is 0 Å². The van der Waals surface area contributed by atoms with Crippen molar-refractivity contribution >= 4 is 11.6 Å². The molecule has 0 bridgehead atoms. The van der Waals surface area contributed by atoms with Crippen LogP contribution in [0.3, 0.4) is 0 Å². The summed E-state index contributed by atoms with van der Waals surface area (Å²) in [5.41, 5.74) is 1.38. The van der Waals surface area contributed by atoms with E-state index < -0.39 is 11.8 Å². The number of benzene rings is 2. The van der Waals surface area contributed by atoms with Crippen LogP contribution in [0.25, 0.3) is 0 Å². The van der Waals surface area contributed by atoms with E-state index in [1.807, 2.05) is 29.2 Å². The Morgan fingerprint density at radius 3 is 2.57 bits per heavy atom. The molecule has 28 heavy (non-hydrogen) atoms. The lowest BCUT2D eigenvalue weighted by atomic mass is 9.84. The second-order valence-electron chi connectivity index (χ2n) is 7.72. The summed E-state index contributed by atoms with van der Waals surface area (Å²) in [4.78, 5) is 16.0. The first-order chi connectivity index (χ1) is 13.5. The molecule has 1 atom stereocenters. The van der Waals surface area contributed by atoms with Crippen LogP contribution < -0.4 is 4.90 Å². The zero-order valence-corrected chi connectivity index (χ0v) is 15.7. The predicted molar refractivity (Wildman–Crippen MR) is 104 cm³/mol. The maximum absolute atomic E-state index is 13.5. The molecule has 0 aliphatic carbocycles. The van der Waals surface area contributed by atoms with E-state index in [2.05, 4.69) is 0 Å². The van der Waals surface area contributed by atoms with E-state index in [1.54, 1.807) is 12.1 Å². The number of anilines is 1. The summed E-state index contributed by atoms with van der Waals surface area (Å²) in [5.74, 6) is -0.425. The molecule has 6 heteroatoms. The van der Waals surface area contributed by atoms with Crippen LogP contribution in [0.1, 0.15) is 30.4 Å². The minimum Gasteiger partial charge on any atom is -0.385 e. The summed E-state index contributed by atoms with van der Waals surface area (Å²) in [6, 6.07) is 13.8. The van der Waals surface area contributed by atoms with Gasteiger partial charge in [0.1, 0.15) is 12.0 Å². The van der Waals surface area contributed by atoms with Gasteiger partial charge >= 0.3 is 0 Å². The van der Waals surface area contributed by atoms with Crippen LogP contribution in [0.4, 0.5) is 10.1 Å². The van der Waals surface area contributed by atoms with Crippen molar-refractivity contribution in [3.8, 4) is 0 Å². The fourth-order valence-corrected chi connectivity index (χ4v) is 4.27. The Morgan fingerprint density at radius 1 is 1.07 bits per heavy atom. The molecule has 2 aliphatic heterocycles. The van der Waals surface area contributed by atoms with Crippen LogP contribution in [0.2, 0.25) is 0 Å². The predicted octanol–water partition coefficient (Wildman–Crippen LogP) is 2.41. The lowest BCUT2D eigenvalue weighted by molar-refractivity contribution is -0.121. The number of fused-ring (bicyclic) bond motifs is 1. The van der Waals surface area contributed by atoms with Crippen molar-refractivity contribution < 1.29 is 19.4 Å². The van der Waals surface area contributed by atoms with Gasteiger partial charge in [-0.3, -0.25) is 14.6 Å². The van der Waals surface area contributed by atoms with Crippen molar-refractivity contribution in [1.82, 2.24) is 4.90 Å². The normalized spacial score (nSPS) is 20.7. The van der Waals surface area contributed by atoms with Gasteiger partial charge in [0, 0.05) is 31.7 Å². The number of para-hydroxylation sites is 1. The maximum atomic E-state index is 13.5. The number of hydrogen-bond donors (Lipinski definition) is 2. The standard InChI is InChI=1S/C22H25FN2O3/c23-18-6-3-5-17(14-18)22(28)10-12-24(13-11-22)15-21(27)25-19-7-2-1-4-16(19)8-9-20(25)26/h1-7,14,21,27-28H,8-13,15H2. The number of nitrogens with zero attached hydrogens (tertiary/aromatic N) is 2.